The van der Waals surface area contributed by atoms with E-state index >= 15 is 0 Å². The first-order valence-corrected chi connectivity index (χ1v) is 8.19. The van der Waals surface area contributed by atoms with Gasteiger partial charge in [-0.25, -0.2) is 0 Å². The van der Waals surface area contributed by atoms with Crippen LogP contribution in [-0.4, -0.2) is 18.1 Å². The Morgan fingerprint density at radius 3 is 2.56 bits per heavy atom. The molecule has 0 spiro atoms. The molecule has 0 aliphatic carbocycles. The van der Waals surface area contributed by atoms with Gasteiger partial charge in [-0.1, -0.05) is 42.5 Å². The molecular weight excluding hydrogens is 314 g/mol. The molecule has 1 atom stereocenters. The van der Waals surface area contributed by atoms with Crippen LogP contribution in [0.1, 0.15) is 24.0 Å². The van der Waals surface area contributed by atoms with Crippen molar-refractivity contribution in [2.75, 3.05) is 12.4 Å². The highest BCUT2D eigenvalue weighted by molar-refractivity contribution is 5.97. The molecule has 0 fully saturated rings. The molecule has 0 aliphatic rings. The van der Waals surface area contributed by atoms with Crippen LogP contribution in [0.4, 0.5) is 5.69 Å². The predicted octanol–water partition coefficient (Wildman–Crippen LogP) is 4.08. The minimum atomic E-state index is -0.307. The van der Waals surface area contributed by atoms with Crippen molar-refractivity contribution in [2.45, 2.75) is 19.4 Å². The fourth-order valence-corrected chi connectivity index (χ4v) is 2.81. The van der Waals surface area contributed by atoms with Gasteiger partial charge >= 0.3 is 0 Å². The summed E-state index contributed by atoms with van der Waals surface area (Å²) in [6, 6.07) is 19.1. The zero-order chi connectivity index (χ0) is 17.8. The molecule has 4 nitrogen and oxygen atoms in total. The first kappa shape index (κ1) is 17.0. The van der Waals surface area contributed by atoms with E-state index < -0.39 is 0 Å². The van der Waals surface area contributed by atoms with E-state index in [1.54, 1.807) is 19.2 Å². The maximum atomic E-state index is 12.6. The van der Waals surface area contributed by atoms with Crippen LogP contribution in [0.5, 0.6) is 5.75 Å². The summed E-state index contributed by atoms with van der Waals surface area (Å²) in [6.45, 7) is 1.77. The molecule has 3 aromatic rings. The molecule has 128 valence electrons. The standard InChI is InChI=1S/C21H21NO3/c1-14(21(24)22-20-6-4-3-5-18(20)13-23)15-7-8-17-12-19(25-2)10-9-16(17)11-15/h3-12,14,23H,13H2,1-2H3,(H,22,24)/t14-/m0/s1. The fourth-order valence-electron chi connectivity index (χ4n) is 2.81. The minimum absolute atomic E-state index is 0.103. The number of para-hydroxylation sites is 1. The summed E-state index contributed by atoms with van der Waals surface area (Å²) in [5, 5.41) is 14.4. The SMILES string of the molecule is COc1ccc2cc([C@H](C)C(=O)Nc3ccccc3CO)ccc2c1. The van der Waals surface area contributed by atoms with E-state index in [-0.39, 0.29) is 18.4 Å². The lowest BCUT2D eigenvalue weighted by molar-refractivity contribution is -0.117. The van der Waals surface area contributed by atoms with Gasteiger partial charge in [-0.3, -0.25) is 4.79 Å². The Hall–Kier alpha value is -2.85. The van der Waals surface area contributed by atoms with Gasteiger partial charge in [0.25, 0.3) is 0 Å². The molecule has 3 aromatic carbocycles. The molecular formula is C21H21NO3. The molecule has 0 unspecified atom stereocenters. The third-order valence-corrected chi connectivity index (χ3v) is 4.41. The second kappa shape index (κ2) is 7.36. The normalized spacial score (nSPS) is 12.0. The third-order valence-electron chi connectivity index (χ3n) is 4.41. The van der Waals surface area contributed by atoms with Gasteiger partial charge in [-0.15, -0.1) is 0 Å². The van der Waals surface area contributed by atoms with Crippen molar-refractivity contribution in [1.29, 1.82) is 0 Å². The largest absolute Gasteiger partial charge is 0.497 e. The van der Waals surface area contributed by atoms with Gasteiger partial charge in [0.15, 0.2) is 0 Å². The molecule has 3 rings (SSSR count). The molecule has 1 amide bonds. The Morgan fingerprint density at radius 1 is 1.08 bits per heavy atom. The summed E-state index contributed by atoms with van der Waals surface area (Å²) in [6.07, 6.45) is 0. The summed E-state index contributed by atoms with van der Waals surface area (Å²) >= 11 is 0. The number of anilines is 1. The summed E-state index contributed by atoms with van der Waals surface area (Å²) in [7, 11) is 1.65. The van der Waals surface area contributed by atoms with Gasteiger partial charge in [-0.2, -0.15) is 0 Å². The topological polar surface area (TPSA) is 58.6 Å². The summed E-state index contributed by atoms with van der Waals surface area (Å²) in [5.41, 5.74) is 2.29. The van der Waals surface area contributed by atoms with Gasteiger partial charge in [0, 0.05) is 11.3 Å². The summed E-state index contributed by atoms with van der Waals surface area (Å²) in [5.74, 6) is 0.402. The van der Waals surface area contributed by atoms with Gasteiger partial charge < -0.3 is 15.2 Å². The number of aliphatic hydroxyl groups excluding tert-OH is 1. The second-order valence-corrected chi connectivity index (χ2v) is 6.00. The smallest absolute Gasteiger partial charge is 0.231 e. The van der Waals surface area contributed by atoms with Crippen molar-refractivity contribution < 1.29 is 14.6 Å². The Kier molecular flexibility index (Phi) is 5.00. The van der Waals surface area contributed by atoms with Gasteiger partial charge in [0.2, 0.25) is 5.91 Å². The molecule has 0 bridgehead atoms. The molecule has 0 aliphatic heterocycles. The van der Waals surface area contributed by atoms with E-state index in [1.807, 2.05) is 55.5 Å². The van der Waals surface area contributed by atoms with Crippen LogP contribution in [0, 0.1) is 0 Å². The number of fused-ring (bicyclic) bond motifs is 1. The van der Waals surface area contributed by atoms with Crippen LogP contribution < -0.4 is 10.1 Å². The first-order chi connectivity index (χ1) is 12.1. The Bertz CT molecular complexity index is 905. The molecule has 0 saturated heterocycles. The molecule has 0 saturated carbocycles. The summed E-state index contributed by atoms with van der Waals surface area (Å²) < 4.78 is 5.24. The Balaban J connectivity index is 1.83. The maximum absolute atomic E-state index is 12.6. The van der Waals surface area contributed by atoms with E-state index in [0.717, 1.165) is 22.1 Å². The zero-order valence-electron chi connectivity index (χ0n) is 14.3. The first-order valence-electron chi connectivity index (χ1n) is 8.19. The highest BCUT2D eigenvalue weighted by Crippen LogP contribution is 2.26. The molecule has 0 aromatic heterocycles. The van der Waals surface area contributed by atoms with Crippen molar-refractivity contribution in [2.24, 2.45) is 0 Å². The van der Waals surface area contributed by atoms with Crippen LogP contribution in [0.25, 0.3) is 10.8 Å². The number of amides is 1. The second-order valence-electron chi connectivity index (χ2n) is 6.00. The highest BCUT2D eigenvalue weighted by Gasteiger charge is 2.17. The van der Waals surface area contributed by atoms with E-state index in [0.29, 0.717) is 11.3 Å². The quantitative estimate of drug-likeness (QED) is 0.738. The lowest BCUT2D eigenvalue weighted by Gasteiger charge is -2.15. The van der Waals surface area contributed by atoms with Crippen LogP contribution in [0.3, 0.4) is 0 Å². The number of rotatable bonds is 5. The number of aliphatic hydroxyl groups is 1. The number of ether oxygens (including phenoxy) is 1. The molecule has 2 N–H and O–H groups in total. The average Bonchev–Trinajstić information content (AvgIpc) is 2.66. The third kappa shape index (κ3) is 3.64. The van der Waals surface area contributed by atoms with Crippen molar-refractivity contribution >= 4 is 22.4 Å². The molecule has 25 heavy (non-hydrogen) atoms. The number of benzene rings is 3. The van der Waals surface area contributed by atoms with E-state index in [2.05, 4.69) is 5.32 Å². The number of carbonyl (C=O) groups excluding carboxylic acids is 1. The number of carbonyl (C=O) groups is 1. The van der Waals surface area contributed by atoms with Crippen molar-refractivity contribution in [3.63, 3.8) is 0 Å². The van der Waals surface area contributed by atoms with Crippen LogP contribution in [0.15, 0.2) is 60.7 Å². The van der Waals surface area contributed by atoms with Gasteiger partial charge in [0.1, 0.15) is 5.75 Å². The van der Waals surface area contributed by atoms with Crippen molar-refractivity contribution in [3.05, 3.63) is 71.8 Å². The maximum Gasteiger partial charge on any atom is 0.231 e. The van der Waals surface area contributed by atoms with E-state index in [1.165, 1.54) is 0 Å². The number of hydrogen-bond acceptors (Lipinski definition) is 3. The Morgan fingerprint density at radius 2 is 1.80 bits per heavy atom. The van der Waals surface area contributed by atoms with E-state index in [4.69, 9.17) is 4.74 Å². The average molecular weight is 335 g/mol. The van der Waals surface area contributed by atoms with Crippen molar-refractivity contribution in [1.82, 2.24) is 0 Å². The molecule has 0 heterocycles. The minimum Gasteiger partial charge on any atom is -0.497 e. The number of methoxy groups -OCH3 is 1. The van der Waals surface area contributed by atoms with E-state index in [9.17, 15) is 9.90 Å². The van der Waals surface area contributed by atoms with Crippen LogP contribution >= 0.6 is 0 Å². The number of nitrogens with one attached hydrogen (secondary N) is 1. The monoisotopic (exact) mass is 335 g/mol. The highest BCUT2D eigenvalue weighted by atomic mass is 16.5. The van der Waals surface area contributed by atoms with Gasteiger partial charge in [0.05, 0.1) is 19.6 Å². The van der Waals surface area contributed by atoms with Gasteiger partial charge in [-0.05, 0) is 41.5 Å². The van der Waals surface area contributed by atoms with Crippen LogP contribution in [0.2, 0.25) is 0 Å². The Labute approximate surface area is 147 Å². The lowest BCUT2D eigenvalue weighted by Crippen LogP contribution is -2.19. The number of hydrogen-bond donors (Lipinski definition) is 2. The zero-order valence-corrected chi connectivity index (χ0v) is 14.3. The summed E-state index contributed by atoms with van der Waals surface area (Å²) in [4.78, 5) is 12.6. The lowest BCUT2D eigenvalue weighted by atomic mass is 9.96. The predicted molar refractivity (Wildman–Crippen MR) is 99.9 cm³/mol. The fraction of sp³-hybridized carbons (Fsp3) is 0.190. The van der Waals surface area contributed by atoms with Crippen LogP contribution in [-0.2, 0) is 11.4 Å². The van der Waals surface area contributed by atoms with Crippen molar-refractivity contribution in [3.8, 4) is 5.75 Å². The molecule has 0 radical (unpaired) electrons. The molecule has 4 heteroatoms.